The van der Waals surface area contributed by atoms with E-state index < -0.39 is 0 Å². The van der Waals surface area contributed by atoms with Gasteiger partial charge in [0.1, 0.15) is 5.00 Å². The van der Waals surface area contributed by atoms with Crippen LogP contribution in [0.25, 0.3) is 0 Å². The molecule has 0 aliphatic rings. The molecular formula is C16H19N3O3S. The molecule has 0 aliphatic carbocycles. The molecule has 0 fully saturated rings. The number of rotatable bonds is 5. The summed E-state index contributed by atoms with van der Waals surface area (Å²) in [5, 5.41) is 3.76. The van der Waals surface area contributed by atoms with Crippen molar-refractivity contribution in [1.29, 1.82) is 0 Å². The zero-order valence-corrected chi connectivity index (χ0v) is 14.4. The molecule has 1 amide bonds. The average molecular weight is 333 g/mol. The van der Waals surface area contributed by atoms with Crippen LogP contribution >= 0.6 is 11.5 Å². The highest BCUT2D eigenvalue weighted by atomic mass is 32.1. The standard InChI is InChI=1S/C16H19N3O3S/c1-10-13(14(17-2)23-18-10)15(20)19(3)9-11-5-7-12(8-6-11)16(21)22-4/h5-8,17H,9H2,1-4H3. The average Bonchev–Trinajstić information content (AvgIpc) is 2.94. The molecule has 2 rings (SSSR count). The smallest absolute Gasteiger partial charge is 0.337 e. The Labute approximate surface area is 139 Å². The van der Waals surface area contributed by atoms with Crippen molar-refractivity contribution in [3.8, 4) is 0 Å². The number of anilines is 1. The van der Waals surface area contributed by atoms with Gasteiger partial charge in [0.05, 0.1) is 23.9 Å². The van der Waals surface area contributed by atoms with Crippen LogP contribution in [0.5, 0.6) is 0 Å². The van der Waals surface area contributed by atoms with E-state index in [1.165, 1.54) is 18.6 Å². The van der Waals surface area contributed by atoms with Crippen molar-refractivity contribution in [2.75, 3.05) is 26.5 Å². The van der Waals surface area contributed by atoms with Crippen LogP contribution in [-0.2, 0) is 11.3 Å². The summed E-state index contributed by atoms with van der Waals surface area (Å²) in [7, 11) is 4.86. The van der Waals surface area contributed by atoms with Gasteiger partial charge < -0.3 is 15.0 Å². The van der Waals surface area contributed by atoms with E-state index in [9.17, 15) is 9.59 Å². The lowest BCUT2D eigenvalue weighted by molar-refractivity contribution is 0.0600. The molecule has 122 valence electrons. The van der Waals surface area contributed by atoms with Crippen LogP contribution in [0.4, 0.5) is 5.00 Å². The van der Waals surface area contributed by atoms with Crippen molar-refractivity contribution in [2.24, 2.45) is 0 Å². The van der Waals surface area contributed by atoms with Crippen molar-refractivity contribution in [2.45, 2.75) is 13.5 Å². The lowest BCUT2D eigenvalue weighted by Gasteiger charge is -2.18. The number of carbonyl (C=O) groups excluding carboxylic acids is 2. The maximum absolute atomic E-state index is 12.6. The minimum atomic E-state index is -0.375. The Morgan fingerprint density at radius 1 is 1.30 bits per heavy atom. The van der Waals surface area contributed by atoms with Crippen LogP contribution in [0.1, 0.15) is 32.0 Å². The summed E-state index contributed by atoms with van der Waals surface area (Å²) in [6, 6.07) is 7.01. The van der Waals surface area contributed by atoms with E-state index in [4.69, 9.17) is 0 Å². The summed E-state index contributed by atoms with van der Waals surface area (Å²) >= 11 is 1.28. The molecule has 0 atom stereocenters. The second kappa shape index (κ2) is 7.23. The third-order valence-corrected chi connectivity index (χ3v) is 4.40. The van der Waals surface area contributed by atoms with Gasteiger partial charge in [-0.3, -0.25) is 4.79 Å². The van der Waals surface area contributed by atoms with Gasteiger partial charge in [-0.2, -0.15) is 4.37 Å². The fraction of sp³-hybridized carbons (Fsp3) is 0.312. The van der Waals surface area contributed by atoms with Gasteiger partial charge in [-0.1, -0.05) is 12.1 Å². The number of ether oxygens (including phenoxy) is 1. The van der Waals surface area contributed by atoms with Crippen molar-refractivity contribution >= 4 is 28.4 Å². The second-order valence-corrected chi connectivity index (χ2v) is 5.85. The lowest BCUT2D eigenvalue weighted by Crippen LogP contribution is -2.27. The number of carbonyl (C=O) groups is 2. The van der Waals surface area contributed by atoms with Crippen LogP contribution in [0.3, 0.4) is 0 Å². The van der Waals surface area contributed by atoms with Crippen LogP contribution in [-0.4, -0.2) is 42.4 Å². The molecule has 23 heavy (non-hydrogen) atoms. The Hall–Kier alpha value is -2.41. The Morgan fingerprint density at radius 3 is 2.52 bits per heavy atom. The van der Waals surface area contributed by atoms with E-state index in [1.807, 2.05) is 19.1 Å². The summed E-state index contributed by atoms with van der Waals surface area (Å²) in [5.74, 6) is -0.461. The summed E-state index contributed by atoms with van der Waals surface area (Å²) < 4.78 is 8.89. The second-order valence-electron chi connectivity index (χ2n) is 5.07. The normalized spacial score (nSPS) is 10.3. The van der Waals surface area contributed by atoms with Gasteiger partial charge in [0.25, 0.3) is 5.91 Å². The molecule has 6 nitrogen and oxygen atoms in total. The summed E-state index contributed by atoms with van der Waals surface area (Å²) in [5.41, 5.74) is 2.74. The number of amides is 1. The number of aromatic nitrogens is 1. The predicted molar refractivity (Wildman–Crippen MR) is 90.0 cm³/mol. The summed E-state index contributed by atoms with van der Waals surface area (Å²) in [6.45, 7) is 2.27. The highest BCUT2D eigenvalue weighted by Gasteiger charge is 2.21. The van der Waals surface area contributed by atoms with Crippen LogP contribution < -0.4 is 5.32 Å². The molecule has 0 unspecified atom stereocenters. The number of benzene rings is 1. The topological polar surface area (TPSA) is 71.5 Å². The van der Waals surface area contributed by atoms with E-state index in [0.29, 0.717) is 17.7 Å². The molecule has 0 radical (unpaired) electrons. The molecule has 0 saturated heterocycles. The first-order valence-corrected chi connectivity index (χ1v) is 7.82. The fourth-order valence-electron chi connectivity index (χ4n) is 2.19. The Bertz CT molecular complexity index is 710. The molecule has 1 aromatic carbocycles. The molecule has 1 N–H and O–H groups in total. The lowest BCUT2D eigenvalue weighted by atomic mass is 10.1. The van der Waals surface area contributed by atoms with Gasteiger partial charge in [0.2, 0.25) is 0 Å². The van der Waals surface area contributed by atoms with Gasteiger partial charge in [-0.25, -0.2) is 4.79 Å². The molecule has 1 aromatic heterocycles. The number of hydrogen-bond acceptors (Lipinski definition) is 6. The Balaban J connectivity index is 2.12. The SMILES string of the molecule is CNc1snc(C)c1C(=O)N(C)Cc1ccc(C(=O)OC)cc1. The predicted octanol–water partition coefficient (Wildman–Crippen LogP) is 2.55. The highest BCUT2D eigenvalue weighted by molar-refractivity contribution is 7.10. The van der Waals surface area contributed by atoms with Gasteiger partial charge in [0, 0.05) is 20.6 Å². The maximum Gasteiger partial charge on any atom is 0.337 e. The number of nitrogens with one attached hydrogen (secondary N) is 1. The molecule has 0 spiro atoms. The Morgan fingerprint density at radius 2 is 1.96 bits per heavy atom. The molecule has 1 heterocycles. The minimum Gasteiger partial charge on any atom is -0.465 e. The van der Waals surface area contributed by atoms with E-state index >= 15 is 0 Å². The van der Waals surface area contributed by atoms with Gasteiger partial charge in [-0.05, 0) is 36.2 Å². The molecule has 0 aliphatic heterocycles. The van der Waals surface area contributed by atoms with Gasteiger partial charge in [0.15, 0.2) is 0 Å². The zero-order valence-electron chi connectivity index (χ0n) is 13.5. The van der Waals surface area contributed by atoms with Gasteiger partial charge >= 0.3 is 5.97 Å². The largest absolute Gasteiger partial charge is 0.465 e. The van der Waals surface area contributed by atoms with Crippen molar-refractivity contribution in [3.05, 3.63) is 46.6 Å². The first kappa shape index (κ1) is 17.0. The third kappa shape index (κ3) is 3.68. The van der Waals surface area contributed by atoms with E-state index in [2.05, 4.69) is 14.4 Å². The quantitative estimate of drug-likeness (QED) is 0.852. The highest BCUT2D eigenvalue weighted by Crippen LogP contribution is 2.25. The number of hydrogen-bond donors (Lipinski definition) is 1. The third-order valence-electron chi connectivity index (χ3n) is 3.45. The van der Waals surface area contributed by atoms with Crippen LogP contribution in [0.15, 0.2) is 24.3 Å². The fourth-order valence-corrected chi connectivity index (χ4v) is 2.93. The summed E-state index contributed by atoms with van der Waals surface area (Å²) in [4.78, 5) is 25.7. The monoisotopic (exact) mass is 333 g/mol. The number of nitrogens with zero attached hydrogens (tertiary/aromatic N) is 2. The molecular weight excluding hydrogens is 314 g/mol. The molecule has 0 bridgehead atoms. The van der Waals surface area contributed by atoms with Crippen molar-refractivity contribution < 1.29 is 14.3 Å². The van der Waals surface area contributed by atoms with Crippen LogP contribution in [0.2, 0.25) is 0 Å². The maximum atomic E-state index is 12.6. The van der Waals surface area contributed by atoms with E-state index in [0.717, 1.165) is 16.3 Å². The zero-order chi connectivity index (χ0) is 17.0. The molecule has 2 aromatic rings. The summed E-state index contributed by atoms with van der Waals surface area (Å²) in [6.07, 6.45) is 0. The number of methoxy groups -OCH3 is 1. The number of aryl methyl sites for hydroxylation is 1. The van der Waals surface area contributed by atoms with Crippen LogP contribution in [0, 0.1) is 6.92 Å². The van der Waals surface area contributed by atoms with E-state index in [-0.39, 0.29) is 11.9 Å². The molecule has 0 saturated carbocycles. The Kier molecular flexibility index (Phi) is 5.33. The first-order chi connectivity index (χ1) is 11.0. The minimum absolute atomic E-state index is 0.0855. The number of esters is 1. The van der Waals surface area contributed by atoms with Crippen molar-refractivity contribution in [3.63, 3.8) is 0 Å². The van der Waals surface area contributed by atoms with Crippen molar-refractivity contribution in [1.82, 2.24) is 9.27 Å². The van der Waals surface area contributed by atoms with E-state index in [1.54, 1.807) is 31.1 Å². The first-order valence-electron chi connectivity index (χ1n) is 7.04. The molecule has 7 heteroatoms. The van der Waals surface area contributed by atoms with Gasteiger partial charge in [-0.15, -0.1) is 0 Å².